The minimum atomic E-state index is -4.74. The third kappa shape index (κ3) is 4.64. The number of H-pyrrole nitrogens is 1. The van der Waals surface area contributed by atoms with Crippen molar-refractivity contribution in [3.05, 3.63) is 65.4 Å². The van der Waals surface area contributed by atoms with Crippen LogP contribution in [0.25, 0.3) is 10.9 Å². The van der Waals surface area contributed by atoms with Gasteiger partial charge in [0, 0.05) is 22.6 Å². The van der Waals surface area contributed by atoms with Gasteiger partial charge in [-0.15, -0.1) is 13.2 Å². The summed E-state index contributed by atoms with van der Waals surface area (Å²) in [5, 5.41) is 3.52. The molecule has 1 aromatic heterocycles. The number of hydrogen-bond acceptors (Lipinski definition) is 3. The minimum absolute atomic E-state index is 0.156. The van der Waals surface area contributed by atoms with Crippen LogP contribution in [0.3, 0.4) is 0 Å². The molecule has 5 nitrogen and oxygen atoms in total. The molecule has 0 aliphatic heterocycles. The molecule has 1 unspecified atom stereocenters. The first-order valence-corrected chi connectivity index (χ1v) is 9.24. The number of alkyl halides is 3. The standard InChI is InChI=1S/C21H19F3N2O3/c22-21(23,24)29-15-7-9-19-17(11-15)16-10-14(6-8-18(16)26-19)25-20(27)28-12-13-4-2-1-3-5-13/h1-5,7,9,11,14,26H,6,8,10,12H2,(H,25,27). The zero-order valence-electron chi connectivity index (χ0n) is 15.4. The lowest BCUT2D eigenvalue weighted by molar-refractivity contribution is -0.274. The van der Waals surface area contributed by atoms with Crippen molar-refractivity contribution in [1.82, 2.24) is 10.3 Å². The van der Waals surface area contributed by atoms with Crippen molar-refractivity contribution in [3.63, 3.8) is 0 Å². The number of alkyl carbamates (subject to hydrolysis) is 1. The number of aromatic nitrogens is 1. The van der Waals surface area contributed by atoms with E-state index in [9.17, 15) is 18.0 Å². The van der Waals surface area contributed by atoms with Gasteiger partial charge in [0.15, 0.2) is 0 Å². The molecule has 2 aromatic carbocycles. The average Bonchev–Trinajstić information content (AvgIpc) is 3.03. The number of nitrogens with one attached hydrogen (secondary N) is 2. The molecule has 8 heteroatoms. The number of aromatic amines is 1. The molecule has 0 spiro atoms. The Hall–Kier alpha value is -3.16. The third-order valence-corrected chi connectivity index (χ3v) is 4.93. The lowest BCUT2D eigenvalue weighted by Gasteiger charge is -2.23. The molecule has 0 saturated heterocycles. The fourth-order valence-corrected chi connectivity index (χ4v) is 3.65. The quantitative estimate of drug-likeness (QED) is 0.653. The van der Waals surface area contributed by atoms with Crippen molar-refractivity contribution < 1.29 is 27.4 Å². The number of carbonyl (C=O) groups excluding carboxylic acids is 1. The zero-order chi connectivity index (χ0) is 20.4. The first-order valence-electron chi connectivity index (χ1n) is 9.24. The van der Waals surface area contributed by atoms with Crippen LogP contribution in [0, 0.1) is 0 Å². The van der Waals surface area contributed by atoms with Gasteiger partial charge in [-0.2, -0.15) is 0 Å². The second-order valence-electron chi connectivity index (χ2n) is 6.98. The maximum Gasteiger partial charge on any atom is 0.573 e. The Labute approximate surface area is 164 Å². The van der Waals surface area contributed by atoms with Crippen molar-refractivity contribution in [2.24, 2.45) is 0 Å². The number of fused-ring (bicyclic) bond motifs is 3. The van der Waals surface area contributed by atoms with Crippen molar-refractivity contribution in [2.45, 2.75) is 38.3 Å². The van der Waals surface area contributed by atoms with Crippen molar-refractivity contribution in [1.29, 1.82) is 0 Å². The predicted octanol–water partition coefficient (Wildman–Crippen LogP) is 4.85. The van der Waals surface area contributed by atoms with Crippen LogP contribution >= 0.6 is 0 Å². The van der Waals surface area contributed by atoms with Crippen LogP contribution in [-0.4, -0.2) is 23.5 Å². The summed E-state index contributed by atoms with van der Waals surface area (Å²) in [5.41, 5.74) is 3.51. The molecule has 2 N–H and O–H groups in total. The summed E-state index contributed by atoms with van der Waals surface area (Å²) < 4.78 is 46.8. The Bertz CT molecular complexity index is 1020. The summed E-state index contributed by atoms with van der Waals surface area (Å²) in [7, 11) is 0. The lowest BCUT2D eigenvalue weighted by atomic mass is 9.91. The highest BCUT2D eigenvalue weighted by Crippen LogP contribution is 2.33. The SMILES string of the molecule is O=C(NC1CCc2[nH]c3ccc(OC(F)(F)F)cc3c2C1)OCc1ccccc1. The summed E-state index contributed by atoms with van der Waals surface area (Å²) in [5.74, 6) is -0.260. The number of halogens is 3. The van der Waals surface area contributed by atoms with E-state index < -0.39 is 12.5 Å². The van der Waals surface area contributed by atoms with Crippen LogP contribution in [0.15, 0.2) is 48.5 Å². The highest BCUT2D eigenvalue weighted by atomic mass is 19.4. The highest BCUT2D eigenvalue weighted by Gasteiger charge is 2.31. The van der Waals surface area contributed by atoms with Gasteiger partial charge < -0.3 is 19.8 Å². The number of carbonyl (C=O) groups is 1. The number of rotatable bonds is 4. The van der Waals surface area contributed by atoms with Crippen molar-refractivity contribution in [2.75, 3.05) is 0 Å². The predicted molar refractivity (Wildman–Crippen MR) is 101 cm³/mol. The van der Waals surface area contributed by atoms with E-state index in [0.717, 1.165) is 22.3 Å². The van der Waals surface area contributed by atoms with Gasteiger partial charge in [-0.25, -0.2) is 4.79 Å². The maximum atomic E-state index is 12.5. The Kier molecular flexibility index (Phi) is 5.08. The van der Waals surface area contributed by atoms with Crippen molar-refractivity contribution >= 4 is 17.0 Å². The summed E-state index contributed by atoms with van der Waals surface area (Å²) in [6.45, 7) is 0.176. The number of aryl methyl sites for hydroxylation is 1. The first kappa shape index (κ1) is 19.2. The van der Waals surface area contributed by atoms with E-state index in [1.54, 1.807) is 6.07 Å². The van der Waals surface area contributed by atoms with Gasteiger partial charge >= 0.3 is 12.5 Å². The van der Waals surface area contributed by atoms with Gasteiger partial charge in [0.05, 0.1) is 0 Å². The van der Waals surface area contributed by atoms with E-state index in [2.05, 4.69) is 15.0 Å². The van der Waals surface area contributed by atoms with Crippen LogP contribution in [-0.2, 0) is 24.2 Å². The zero-order valence-corrected chi connectivity index (χ0v) is 15.4. The molecule has 29 heavy (non-hydrogen) atoms. The van der Waals surface area contributed by atoms with Crippen LogP contribution < -0.4 is 10.1 Å². The fraction of sp³-hybridized carbons (Fsp3) is 0.286. The summed E-state index contributed by atoms with van der Waals surface area (Å²) in [4.78, 5) is 15.4. The molecular weight excluding hydrogens is 385 g/mol. The lowest BCUT2D eigenvalue weighted by Crippen LogP contribution is -2.39. The Morgan fingerprint density at radius 1 is 1.17 bits per heavy atom. The molecular formula is C21H19F3N2O3. The minimum Gasteiger partial charge on any atom is -0.445 e. The number of benzene rings is 2. The van der Waals surface area contributed by atoms with Gasteiger partial charge in [0.1, 0.15) is 12.4 Å². The summed E-state index contributed by atoms with van der Waals surface area (Å²) in [6.07, 6.45) is -3.35. The smallest absolute Gasteiger partial charge is 0.445 e. The first-order chi connectivity index (χ1) is 13.9. The van der Waals surface area contributed by atoms with Gasteiger partial charge in [0.25, 0.3) is 0 Å². The molecule has 1 heterocycles. The molecule has 1 aliphatic carbocycles. The second kappa shape index (κ2) is 7.69. The number of ether oxygens (including phenoxy) is 2. The third-order valence-electron chi connectivity index (χ3n) is 4.93. The molecule has 0 fully saturated rings. The Morgan fingerprint density at radius 2 is 1.97 bits per heavy atom. The molecule has 152 valence electrons. The van der Waals surface area contributed by atoms with Crippen molar-refractivity contribution in [3.8, 4) is 5.75 Å². The van der Waals surface area contributed by atoms with E-state index in [-0.39, 0.29) is 18.4 Å². The van der Waals surface area contributed by atoms with Gasteiger partial charge in [-0.05, 0) is 48.6 Å². The molecule has 0 radical (unpaired) electrons. The second-order valence-corrected chi connectivity index (χ2v) is 6.98. The maximum absolute atomic E-state index is 12.5. The van der Waals surface area contributed by atoms with E-state index in [0.29, 0.717) is 24.6 Å². The topological polar surface area (TPSA) is 63.4 Å². The van der Waals surface area contributed by atoms with E-state index in [1.165, 1.54) is 12.1 Å². The largest absolute Gasteiger partial charge is 0.573 e. The Balaban J connectivity index is 1.43. The van der Waals surface area contributed by atoms with Gasteiger partial charge in [-0.3, -0.25) is 0 Å². The molecule has 0 saturated carbocycles. The Morgan fingerprint density at radius 3 is 2.72 bits per heavy atom. The normalized spacial score (nSPS) is 16.3. The average molecular weight is 404 g/mol. The van der Waals surface area contributed by atoms with Crippen LogP contribution in [0.1, 0.15) is 23.2 Å². The molecule has 1 aliphatic rings. The fourth-order valence-electron chi connectivity index (χ4n) is 3.65. The number of hydrogen-bond donors (Lipinski definition) is 2. The summed E-state index contributed by atoms with van der Waals surface area (Å²) >= 11 is 0. The van der Waals surface area contributed by atoms with Crippen LogP contribution in [0.2, 0.25) is 0 Å². The molecule has 4 rings (SSSR count). The molecule has 1 atom stereocenters. The van der Waals surface area contributed by atoms with E-state index in [4.69, 9.17) is 4.74 Å². The van der Waals surface area contributed by atoms with Gasteiger partial charge in [-0.1, -0.05) is 30.3 Å². The summed E-state index contributed by atoms with van der Waals surface area (Å²) in [6, 6.07) is 13.4. The molecule has 1 amide bonds. The highest BCUT2D eigenvalue weighted by molar-refractivity contribution is 5.86. The molecule has 0 bridgehead atoms. The van der Waals surface area contributed by atoms with Crippen LogP contribution in [0.4, 0.5) is 18.0 Å². The van der Waals surface area contributed by atoms with Crippen LogP contribution in [0.5, 0.6) is 5.75 Å². The monoisotopic (exact) mass is 404 g/mol. The number of amides is 1. The van der Waals surface area contributed by atoms with E-state index >= 15 is 0 Å². The van der Waals surface area contributed by atoms with Gasteiger partial charge in [0.2, 0.25) is 0 Å². The van der Waals surface area contributed by atoms with E-state index in [1.807, 2.05) is 30.3 Å². The molecule has 3 aromatic rings.